The van der Waals surface area contributed by atoms with E-state index in [4.69, 9.17) is 13.6 Å². The standard InChI is InChI=1S/C21H40O4Si2/c1-18(2,3)16(23-26(7)8)20-11-12-21(25-20,14-15(22)13-20)17(19(4,5)6)24-27(9)10/h11-12,16-17,26-27H,13-14H2,1-10H3. The highest BCUT2D eigenvalue weighted by Crippen LogP contribution is 2.52. The zero-order valence-electron chi connectivity index (χ0n) is 19.0. The summed E-state index contributed by atoms with van der Waals surface area (Å²) in [4.78, 5) is 13.0. The molecule has 0 amide bonds. The minimum Gasteiger partial charge on any atom is -0.414 e. The highest BCUT2D eigenvalue weighted by molar-refractivity contribution is 6.48. The largest absolute Gasteiger partial charge is 0.414 e. The van der Waals surface area contributed by atoms with Crippen LogP contribution < -0.4 is 0 Å². The Labute approximate surface area is 169 Å². The van der Waals surface area contributed by atoms with Crippen LogP contribution in [-0.2, 0) is 18.4 Å². The van der Waals surface area contributed by atoms with Crippen LogP contribution in [0.5, 0.6) is 0 Å². The second kappa shape index (κ2) is 7.52. The first-order chi connectivity index (χ1) is 12.1. The molecule has 2 rings (SSSR count). The van der Waals surface area contributed by atoms with E-state index in [9.17, 15) is 4.79 Å². The van der Waals surface area contributed by atoms with Gasteiger partial charge in [-0.15, -0.1) is 0 Å². The molecule has 0 aromatic heterocycles. The maximum Gasteiger partial charge on any atom is 0.171 e. The normalized spacial score (nSPS) is 31.0. The molecule has 0 aromatic carbocycles. The molecule has 4 nitrogen and oxygen atoms in total. The minimum absolute atomic E-state index is 0.125. The zero-order chi connectivity index (χ0) is 20.8. The van der Waals surface area contributed by atoms with Gasteiger partial charge in [-0.25, -0.2) is 0 Å². The fourth-order valence-corrected chi connectivity index (χ4v) is 7.05. The van der Waals surface area contributed by atoms with E-state index in [1.165, 1.54) is 0 Å². The van der Waals surface area contributed by atoms with Gasteiger partial charge < -0.3 is 13.6 Å². The second-order valence-corrected chi connectivity index (χ2v) is 15.8. The van der Waals surface area contributed by atoms with E-state index >= 15 is 0 Å². The van der Waals surface area contributed by atoms with Crippen molar-refractivity contribution in [3.63, 3.8) is 0 Å². The third kappa shape index (κ3) is 4.83. The summed E-state index contributed by atoms with van der Waals surface area (Å²) in [6, 6.07) is 0. The molecule has 27 heavy (non-hydrogen) atoms. The summed E-state index contributed by atoms with van der Waals surface area (Å²) in [6.07, 6.45) is 4.77. The van der Waals surface area contributed by atoms with Crippen molar-refractivity contribution in [3.8, 4) is 0 Å². The van der Waals surface area contributed by atoms with Gasteiger partial charge in [0.15, 0.2) is 18.1 Å². The molecule has 2 aliphatic rings. The van der Waals surface area contributed by atoms with Crippen LogP contribution in [0.15, 0.2) is 12.2 Å². The highest BCUT2D eigenvalue weighted by Gasteiger charge is 2.62. The van der Waals surface area contributed by atoms with E-state index in [1.54, 1.807) is 0 Å². The molecule has 0 aromatic rings. The molecule has 4 unspecified atom stereocenters. The van der Waals surface area contributed by atoms with Crippen molar-refractivity contribution in [3.05, 3.63) is 12.2 Å². The lowest BCUT2D eigenvalue weighted by molar-refractivity contribution is -0.220. The molecule has 0 aliphatic carbocycles. The number of hydrogen-bond acceptors (Lipinski definition) is 4. The molecule has 2 heterocycles. The van der Waals surface area contributed by atoms with Crippen molar-refractivity contribution in [2.75, 3.05) is 0 Å². The van der Waals surface area contributed by atoms with E-state index in [0.29, 0.717) is 12.8 Å². The quantitative estimate of drug-likeness (QED) is 0.483. The molecule has 2 aliphatic heterocycles. The Bertz CT molecular complexity index is 540. The van der Waals surface area contributed by atoms with E-state index in [1.807, 2.05) is 0 Å². The fourth-order valence-electron chi connectivity index (χ4n) is 4.69. The van der Waals surface area contributed by atoms with E-state index in [0.717, 1.165) is 0 Å². The summed E-state index contributed by atoms with van der Waals surface area (Å²) in [5.74, 6) is 0.248. The number of ketones is 1. The van der Waals surface area contributed by atoms with Crippen molar-refractivity contribution < 1.29 is 18.4 Å². The Balaban J connectivity index is 2.49. The predicted molar refractivity (Wildman–Crippen MR) is 116 cm³/mol. The first-order valence-electron chi connectivity index (χ1n) is 10.3. The summed E-state index contributed by atoms with van der Waals surface area (Å²) >= 11 is 0. The third-order valence-corrected chi connectivity index (χ3v) is 6.88. The lowest BCUT2D eigenvalue weighted by Crippen LogP contribution is -2.62. The first-order valence-corrected chi connectivity index (χ1v) is 15.9. The SMILES string of the molecule is C[SiH](C)OC(C(C)(C)C)C12C=CC(C(O[SiH](C)C)C(C)(C)C)(CC(=O)C1)O2. The van der Waals surface area contributed by atoms with Gasteiger partial charge in [0.1, 0.15) is 17.0 Å². The van der Waals surface area contributed by atoms with Gasteiger partial charge in [-0.2, -0.15) is 0 Å². The third-order valence-electron chi connectivity index (χ3n) is 5.25. The number of fused-ring (bicyclic) bond motifs is 2. The number of carbonyl (C=O) groups is 1. The molecule has 1 saturated heterocycles. The molecule has 1 fully saturated rings. The van der Waals surface area contributed by atoms with Gasteiger partial charge in [-0.1, -0.05) is 53.7 Å². The van der Waals surface area contributed by atoms with Crippen LogP contribution in [0.1, 0.15) is 54.4 Å². The fraction of sp³-hybridized carbons (Fsp3) is 0.857. The van der Waals surface area contributed by atoms with Gasteiger partial charge in [-0.3, -0.25) is 4.79 Å². The molecule has 0 radical (unpaired) electrons. The number of Topliss-reactive ketones (excluding diaryl/α,β-unsaturated/α-hetero) is 1. The molecule has 0 saturated carbocycles. The van der Waals surface area contributed by atoms with Gasteiger partial charge in [-0.05, 0) is 37.0 Å². The van der Waals surface area contributed by atoms with Crippen molar-refractivity contribution in [2.24, 2.45) is 10.8 Å². The van der Waals surface area contributed by atoms with Crippen molar-refractivity contribution in [1.82, 2.24) is 0 Å². The molecule has 156 valence electrons. The molecule has 4 atom stereocenters. The van der Waals surface area contributed by atoms with Gasteiger partial charge in [0.05, 0.1) is 12.2 Å². The maximum absolute atomic E-state index is 13.0. The van der Waals surface area contributed by atoms with E-state index in [2.05, 4.69) is 79.9 Å². The van der Waals surface area contributed by atoms with Crippen LogP contribution in [0.2, 0.25) is 26.2 Å². The summed E-state index contributed by atoms with van der Waals surface area (Å²) in [7, 11) is -2.62. The number of ether oxygens (including phenoxy) is 1. The molecule has 6 heteroatoms. The van der Waals surface area contributed by atoms with Gasteiger partial charge in [0.25, 0.3) is 0 Å². The number of carbonyl (C=O) groups excluding carboxylic acids is 1. The maximum atomic E-state index is 13.0. The van der Waals surface area contributed by atoms with Crippen LogP contribution in [0, 0.1) is 10.8 Å². The number of rotatable bonds is 6. The lowest BCUT2D eigenvalue weighted by Gasteiger charge is -2.52. The topological polar surface area (TPSA) is 44.8 Å². The van der Waals surface area contributed by atoms with Gasteiger partial charge >= 0.3 is 0 Å². The Morgan fingerprint density at radius 3 is 1.44 bits per heavy atom. The minimum atomic E-state index is -1.31. The Hall–Kier alpha value is -0.276. The molecular formula is C21H40O4Si2. The molecule has 2 bridgehead atoms. The average molecular weight is 413 g/mol. The monoisotopic (exact) mass is 412 g/mol. The van der Waals surface area contributed by atoms with E-state index < -0.39 is 29.3 Å². The summed E-state index contributed by atoms with van der Waals surface area (Å²) in [6.45, 7) is 21.8. The molecular weight excluding hydrogens is 372 g/mol. The predicted octanol–water partition coefficient (Wildman–Crippen LogP) is 4.24. The van der Waals surface area contributed by atoms with Crippen molar-refractivity contribution in [1.29, 1.82) is 0 Å². The summed E-state index contributed by atoms with van der Waals surface area (Å²) in [5.41, 5.74) is -1.62. The van der Waals surface area contributed by atoms with Crippen molar-refractivity contribution >= 4 is 23.9 Å². The molecule has 0 N–H and O–H groups in total. The van der Waals surface area contributed by atoms with Crippen LogP contribution in [0.25, 0.3) is 0 Å². The van der Waals surface area contributed by atoms with Crippen LogP contribution in [-0.4, -0.2) is 47.3 Å². The van der Waals surface area contributed by atoms with E-state index in [-0.39, 0.29) is 28.8 Å². The smallest absolute Gasteiger partial charge is 0.171 e. The summed E-state index contributed by atoms with van der Waals surface area (Å²) in [5, 5.41) is 0. The zero-order valence-corrected chi connectivity index (χ0v) is 21.3. The van der Waals surface area contributed by atoms with Gasteiger partial charge in [0.2, 0.25) is 0 Å². The number of hydrogen-bond donors (Lipinski definition) is 0. The average Bonchev–Trinajstić information content (AvgIpc) is 2.73. The van der Waals surface area contributed by atoms with Crippen molar-refractivity contribution in [2.45, 2.75) is 104 Å². The Kier molecular flexibility index (Phi) is 6.41. The lowest BCUT2D eigenvalue weighted by atomic mass is 9.73. The summed E-state index contributed by atoms with van der Waals surface area (Å²) < 4.78 is 19.9. The first kappa shape index (κ1) is 23.0. The Morgan fingerprint density at radius 1 is 0.852 bits per heavy atom. The van der Waals surface area contributed by atoms with Crippen LogP contribution in [0.3, 0.4) is 0 Å². The molecule has 0 spiro atoms. The van der Waals surface area contributed by atoms with Gasteiger partial charge in [0, 0.05) is 12.8 Å². The second-order valence-electron chi connectivity index (χ2n) is 11.1. The highest BCUT2D eigenvalue weighted by atomic mass is 28.3. The van der Waals surface area contributed by atoms with Crippen LogP contribution in [0.4, 0.5) is 0 Å². The van der Waals surface area contributed by atoms with Crippen LogP contribution >= 0.6 is 0 Å². The Morgan fingerprint density at radius 2 is 1.19 bits per heavy atom.